The normalized spacial score (nSPS) is 31.5. The molecule has 1 saturated heterocycles. The van der Waals surface area contributed by atoms with Crippen molar-refractivity contribution in [2.75, 3.05) is 0 Å². The Bertz CT molecular complexity index is 338. The van der Waals surface area contributed by atoms with E-state index in [4.69, 9.17) is 8.23 Å². The molecule has 0 unspecified atom stereocenters. The van der Waals surface area contributed by atoms with Gasteiger partial charge in [-0.1, -0.05) is 0 Å². The molecule has 0 radical (unpaired) electrons. The highest BCUT2D eigenvalue weighted by atomic mass is 28.5. The van der Waals surface area contributed by atoms with Crippen LogP contribution in [-0.4, -0.2) is 50.7 Å². The van der Waals surface area contributed by atoms with Crippen molar-refractivity contribution in [1.29, 1.82) is 0 Å². The van der Waals surface area contributed by atoms with Crippen LogP contribution in [0.5, 0.6) is 0 Å². The number of hydrogen-bond donors (Lipinski definition) is 4. The van der Waals surface area contributed by atoms with Gasteiger partial charge in [0.25, 0.3) is 0 Å². The first kappa shape index (κ1) is 23.1. The second-order valence-electron chi connectivity index (χ2n) is 10.00. The van der Waals surface area contributed by atoms with E-state index in [2.05, 4.69) is 97.2 Å². The smallest absolute Gasteiger partial charge is 0.312 e. The summed E-state index contributed by atoms with van der Waals surface area (Å²) < 4.78 is 29.2. The highest BCUT2D eigenvalue weighted by Gasteiger charge is 2.47. The minimum absolute atomic E-state index is 1.75. The van der Waals surface area contributed by atoms with Crippen molar-refractivity contribution in [2.24, 2.45) is 0 Å². The summed E-state index contributed by atoms with van der Waals surface area (Å²) in [5.74, 6) is 0. The number of nitrogens with one attached hydrogen (secondary N) is 4. The van der Waals surface area contributed by atoms with Gasteiger partial charge in [-0.2, -0.15) is 0 Å². The van der Waals surface area contributed by atoms with Gasteiger partial charge in [-0.3, -0.25) is 0 Å². The van der Waals surface area contributed by atoms with Crippen LogP contribution in [0.4, 0.5) is 0 Å². The predicted octanol–water partition coefficient (Wildman–Crippen LogP) is 2.60. The number of rotatable bonds is 0. The molecule has 0 saturated carbocycles. The van der Waals surface area contributed by atoms with E-state index in [1.807, 2.05) is 0 Å². The van der Waals surface area contributed by atoms with Crippen molar-refractivity contribution < 1.29 is 8.23 Å². The fraction of sp³-hybridized carbons (Fsp3) is 1.00. The summed E-state index contributed by atoms with van der Waals surface area (Å²) in [4.78, 5) is 0. The molecule has 12 heteroatoms. The van der Waals surface area contributed by atoms with E-state index in [0.29, 0.717) is 0 Å². The molecule has 1 rings (SSSR count). The molecule has 0 aromatic carbocycles. The third kappa shape index (κ3) is 8.17. The summed E-state index contributed by atoms with van der Waals surface area (Å²) in [6.07, 6.45) is 0. The third-order valence-electron chi connectivity index (χ3n) is 3.48. The Morgan fingerprint density at radius 2 is 0.667 bits per heavy atom. The zero-order chi connectivity index (χ0) is 19.2. The Hall–Kier alpha value is 1.06. The Labute approximate surface area is 156 Å². The maximum Gasteiger partial charge on any atom is 0.312 e. The van der Waals surface area contributed by atoms with Gasteiger partial charge in [0.1, 0.15) is 0 Å². The SMILES string of the molecule is C[Si]1(C)N[Si](C)(C)N[Si](C)(C)O[Si](C)(C)O[Si](C)(C)N[Si](C)(C)N1. The fourth-order valence-electron chi connectivity index (χ4n) is 4.46. The van der Waals surface area contributed by atoms with Gasteiger partial charge in [0.05, 0.1) is 0 Å². The molecule has 1 aliphatic rings. The van der Waals surface area contributed by atoms with E-state index < -0.39 is 50.7 Å². The molecule has 1 heterocycles. The summed E-state index contributed by atoms with van der Waals surface area (Å²) >= 11 is 0. The van der Waals surface area contributed by atoms with Crippen LogP contribution in [0.2, 0.25) is 78.6 Å². The molecule has 0 aromatic rings. The van der Waals surface area contributed by atoms with Crippen LogP contribution < -0.4 is 18.6 Å². The van der Waals surface area contributed by atoms with Crippen LogP contribution in [0.15, 0.2) is 0 Å². The molecule has 1 aliphatic heterocycles. The lowest BCUT2D eigenvalue weighted by Crippen LogP contribution is -2.82. The molecule has 24 heavy (non-hydrogen) atoms. The zero-order valence-corrected chi connectivity index (χ0v) is 23.8. The Balaban J connectivity index is 3.24. The second kappa shape index (κ2) is 6.90. The average molecular weight is 441 g/mol. The van der Waals surface area contributed by atoms with Gasteiger partial charge in [-0.15, -0.1) is 0 Å². The highest BCUT2D eigenvalue weighted by molar-refractivity contribution is 7.02. The van der Waals surface area contributed by atoms with Crippen LogP contribution in [0.3, 0.4) is 0 Å². The second-order valence-corrected chi connectivity index (χ2v) is 34.2. The monoisotopic (exact) mass is 440 g/mol. The summed E-state index contributed by atoms with van der Waals surface area (Å²) in [6.45, 7) is 27.6. The highest BCUT2D eigenvalue weighted by Crippen LogP contribution is 2.21. The van der Waals surface area contributed by atoms with Gasteiger partial charge in [-0.05, 0) is 78.6 Å². The minimum atomic E-state index is -2.20. The summed E-state index contributed by atoms with van der Waals surface area (Å²) in [6, 6.07) is 0. The van der Waals surface area contributed by atoms with Crippen LogP contribution in [0.25, 0.3) is 0 Å². The summed E-state index contributed by atoms with van der Waals surface area (Å²) in [5.41, 5.74) is 0. The molecule has 144 valence electrons. The van der Waals surface area contributed by atoms with Crippen LogP contribution >= 0.6 is 0 Å². The molecule has 4 N–H and O–H groups in total. The van der Waals surface area contributed by atoms with Crippen molar-refractivity contribution in [3.05, 3.63) is 0 Å². The standard InChI is InChI=1S/C12H40N4O2Si6/c1-19(2)13-20(3,4)15-22(7,8)17-24(11,12)18-23(9,10)16-21(5,6)14-19/h13-16H,1-12H3. The molecule has 0 amide bonds. The zero-order valence-electron chi connectivity index (χ0n) is 17.8. The lowest BCUT2D eigenvalue weighted by atomic mass is 11.9. The Morgan fingerprint density at radius 1 is 0.417 bits per heavy atom. The van der Waals surface area contributed by atoms with Crippen molar-refractivity contribution in [1.82, 2.24) is 18.6 Å². The van der Waals surface area contributed by atoms with Crippen LogP contribution in [0.1, 0.15) is 0 Å². The predicted molar refractivity (Wildman–Crippen MR) is 120 cm³/mol. The first-order valence-electron chi connectivity index (χ1n) is 8.82. The molecule has 0 aliphatic carbocycles. The summed E-state index contributed by atoms with van der Waals surface area (Å²) in [7, 11) is -11.6. The molecule has 0 aromatic heterocycles. The third-order valence-corrected chi connectivity index (χ3v) is 31.3. The Morgan fingerprint density at radius 3 is 0.958 bits per heavy atom. The largest absolute Gasteiger partial charge is 0.425 e. The van der Waals surface area contributed by atoms with Gasteiger partial charge in [0.2, 0.25) is 17.0 Å². The van der Waals surface area contributed by atoms with E-state index in [1.54, 1.807) is 0 Å². The van der Waals surface area contributed by atoms with E-state index in [9.17, 15) is 0 Å². The van der Waals surface area contributed by atoms with Crippen LogP contribution in [-0.2, 0) is 8.23 Å². The lowest BCUT2D eigenvalue weighted by Gasteiger charge is -2.48. The average Bonchev–Trinajstić information content (AvgIpc) is 1.98. The van der Waals surface area contributed by atoms with E-state index >= 15 is 0 Å². The van der Waals surface area contributed by atoms with Gasteiger partial charge >= 0.3 is 8.56 Å². The van der Waals surface area contributed by atoms with Crippen molar-refractivity contribution in [3.8, 4) is 0 Å². The van der Waals surface area contributed by atoms with E-state index in [0.717, 1.165) is 0 Å². The first-order valence-corrected chi connectivity index (χ1v) is 26.4. The Kier molecular flexibility index (Phi) is 6.64. The molecule has 1 fully saturated rings. The maximum absolute atomic E-state index is 6.65. The molecule has 0 atom stereocenters. The molecule has 0 spiro atoms. The van der Waals surface area contributed by atoms with Gasteiger partial charge in [0, 0.05) is 0 Å². The van der Waals surface area contributed by atoms with Crippen molar-refractivity contribution in [2.45, 2.75) is 78.6 Å². The van der Waals surface area contributed by atoms with Gasteiger partial charge in [-0.25, -0.2) is 0 Å². The van der Waals surface area contributed by atoms with E-state index in [1.165, 1.54) is 0 Å². The maximum atomic E-state index is 6.65. The fourth-order valence-corrected chi connectivity index (χ4v) is 43.1. The quantitative estimate of drug-likeness (QED) is 0.434. The van der Waals surface area contributed by atoms with E-state index in [-0.39, 0.29) is 0 Å². The van der Waals surface area contributed by atoms with Gasteiger partial charge in [0.15, 0.2) is 25.2 Å². The first-order chi connectivity index (χ1) is 10.2. The summed E-state index contributed by atoms with van der Waals surface area (Å²) in [5, 5.41) is 0. The van der Waals surface area contributed by atoms with Crippen molar-refractivity contribution >= 4 is 50.7 Å². The van der Waals surface area contributed by atoms with Crippen molar-refractivity contribution in [3.63, 3.8) is 0 Å². The number of hydrogen-bond acceptors (Lipinski definition) is 6. The lowest BCUT2D eigenvalue weighted by molar-refractivity contribution is 0.384. The molecule has 0 bridgehead atoms. The molecular weight excluding hydrogens is 401 g/mol. The molecule has 6 nitrogen and oxygen atoms in total. The molecular formula is C12H40N4O2Si6. The van der Waals surface area contributed by atoms with Gasteiger partial charge < -0.3 is 26.8 Å². The minimum Gasteiger partial charge on any atom is -0.425 e. The topological polar surface area (TPSA) is 66.6 Å². The van der Waals surface area contributed by atoms with Crippen LogP contribution in [0, 0.1) is 0 Å².